The largest absolute Gasteiger partial charge is 0.327 e. The predicted octanol–water partition coefficient (Wildman–Crippen LogP) is 3.31. The molecule has 2 atom stereocenters. The summed E-state index contributed by atoms with van der Waals surface area (Å²) in [5, 5.41) is 0. The Bertz CT molecular complexity index is 401. The number of ketones is 1. The summed E-state index contributed by atoms with van der Waals surface area (Å²) in [7, 11) is 0. The number of halogens is 1. The van der Waals surface area contributed by atoms with E-state index < -0.39 is 0 Å². The fourth-order valence-corrected chi connectivity index (χ4v) is 3.03. The second-order valence-electron chi connectivity index (χ2n) is 5.18. The van der Waals surface area contributed by atoms with Gasteiger partial charge in [-0.25, -0.2) is 0 Å². The zero-order chi connectivity index (χ0) is 13.0. The summed E-state index contributed by atoms with van der Waals surface area (Å²) in [6, 6.07) is 8.26. The molecule has 0 aromatic heterocycles. The average molecular weight is 357 g/mol. The number of hydrogen-bond donors (Lipinski definition) is 1. The van der Waals surface area contributed by atoms with Crippen molar-refractivity contribution < 1.29 is 4.79 Å². The normalized spacial score (nSPS) is 24.6. The lowest BCUT2D eigenvalue weighted by atomic mass is 9.88. The summed E-state index contributed by atoms with van der Waals surface area (Å²) in [5.41, 5.74) is 7.24. The van der Waals surface area contributed by atoms with E-state index in [1.807, 2.05) is 12.1 Å². The summed E-state index contributed by atoms with van der Waals surface area (Å²) in [6.45, 7) is 0. The van der Waals surface area contributed by atoms with Gasteiger partial charge in [-0.1, -0.05) is 31.4 Å². The van der Waals surface area contributed by atoms with Crippen LogP contribution in [0.5, 0.6) is 0 Å². The first-order valence-electron chi connectivity index (χ1n) is 6.69. The van der Waals surface area contributed by atoms with Gasteiger partial charge in [-0.3, -0.25) is 4.79 Å². The first-order valence-corrected chi connectivity index (χ1v) is 7.77. The second kappa shape index (κ2) is 6.66. The van der Waals surface area contributed by atoms with E-state index in [0.717, 1.165) is 24.8 Å². The molecular formula is C15H20INO. The van der Waals surface area contributed by atoms with E-state index >= 15 is 0 Å². The van der Waals surface area contributed by atoms with Crippen molar-refractivity contribution in [3.8, 4) is 0 Å². The Hall–Kier alpha value is -0.420. The van der Waals surface area contributed by atoms with Gasteiger partial charge in [0.25, 0.3) is 0 Å². The van der Waals surface area contributed by atoms with Gasteiger partial charge >= 0.3 is 0 Å². The molecule has 1 aromatic rings. The number of carbonyl (C=O) groups excluding carboxylic acids is 1. The predicted molar refractivity (Wildman–Crippen MR) is 82.4 cm³/mol. The van der Waals surface area contributed by atoms with Crippen LogP contribution in [-0.4, -0.2) is 11.8 Å². The third-order valence-electron chi connectivity index (χ3n) is 3.77. The van der Waals surface area contributed by atoms with Gasteiger partial charge in [-0.05, 0) is 53.1 Å². The molecule has 2 nitrogen and oxygen atoms in total. The maximum absolute atomic E-state index is 12.3. The SMILES string of the molecule is NC1CCCCCC1C(=O)Cc1ccc(I)cc1. The van der Waals surface area contributed by atoms with Gasteiger partial charge in [0.05, 0.1) is 0 Å². The molecule has 98 valence electrons. The highest BCUT2D eigenvalue weighted by atomic mass is 127. The molecule has 1 aliphatic carbocycles. The minimum absolute atomic E-state index is 0.0730. The van der Waals surface area contributed by atoms with Crippen molar-refractivity contribution >= 4 is 28.4 Å². The topological polar surface area (TPSA) is 43.1 Å². The van der Waals surface area contributed by atoms with Crippen molar-refractivity contribution in [1.29, 1.82) is 0 Å². The van der Waals surface area contributed by atoms with Crippen LogP contribution in [-0.2, 0) is 11.2 Å². The molecule has 2 rings (SSSR count). The van der Waals surface area contributed by atoms with Crippen LogP contribution in [0.1, 0.15) is 37.7 Å². The summed E-state index contributed by atoms with van der Waals surface area (Å²) in [5.74, 6) is 0.400. The minimum Gasteiger partial charge on any atom is -0.327 e. The standard InChI is InChI=1S/C15H20INO/c16-12-8-6-11(7-9-12)10-15(18)13-4-2-1-3-5-14(13)17/h6-9,13-14H,1-5,10,17H2. The van der Waals surface area contributed by atoms with E-state index in [2.05, 4.69) is 34.7 Å². The molecule has 1 fully saturated rings. The van der Waals surface area contributed by atoms with Crippen LogP contribution in [0.15, 0.2) is 24.3 Å². The molecule has 0 heterocycles. The van der Waals surface area contributed by atoms with Gasteiger partial charge in [0.15, 0.2) is 0 Å². The first-order chi connectivity index (χ1) is 8.66. The first kappa shape index (κ1) is 14.0. The number of benzene rings is 1. The van der Waals surface area contributed by atoms with E-state index in [4.69, 9.17) is 5.73 Å². The molecule has 0 bridgehead atoms. The molecule has 0 saturated heterocycles. The van der Waals surface area contributed by atoms with Crippen LogP contribution in [0.2, 0.25) is 0 Å². The number of hydrogen-bond acceptors (Lipinski definition) is 2. The number of rotatable bonds is 3. The van der Waals surface area contributed by atoms with E-state index in [1.54, 1.807) is 0 Å². The van der Waals surface area contributed by atoms with E-state index in [1.165, 1.54) is 16.4 Å². The Morgan fingerprint density at radius 1 is 1.17 bits per heavy atom. The Labute approximate surface area is 122 Å². The third-order valence-corrected chi connectivity index (χ3v) is 4.49. The molecule has 0 radical (unpaired) electrons. The number of nitrogens with two attached hydrogens (primary N) is 1. The van der Waals surface area contributed by atoms with Gasteiger partial charge in [-0.15, -0.1) is 0 Å². The van der Waals surface area contributed by atoms with Gasteiger partial charge < -0.3 is 5.73 Å². The summed E-state index contributed by atoms with van der Waals surface area (Å²) in [4.78, 5) is 12.3. The fraction of sp³-hybridized carbons (Fsp3) is 0.533. The molecule has 2 N–H and O–H groups in total. The molecule has 1 aliphatic rings. The Balaban J connectivity index is 1.99. The van der Waals surface area contributed by atoms with Gasteiger partial charge in [0.1, 0.15) is 5.78 Å². The van der Waals surface area contributed by atoms with Gasteiger partial charge in [0, 0.05) is 22.0 Å². The third kappa shape index (κ3) is 3.79. The van der Waals surface area contributed by atoms with Crippen LogP contribution < -0.4 is 5.73 Å². The fourth-order valence-electron chi connectivity index (χ4n) is 2.67. The molecule has 0 aliphatic heterocycles. The quantitative estimate of drug-likeness (QED) is 0.666. The average Bonchev–Trinajstić information content (AvgIpc) is 2.57. The highest BCUT2D eigenvalue weighted by Crippen LogP contribution is 2.24. The van der Waals surface area contributed by atoms with Crippen LogP contribution in [0.3, 0.4) is 0 Å². The van der Waals surface area contributed by atoms with Crippen molar-refractivity contribution in [2.75, 3.05) is 0 Å². The second-order valence-corrected chi connectivity index (χ2v) is 6.42. The Morgan fingerprint density at radius 3 is 2.56 bits per heavy atom. The summed E-state index contributed by atoms with van der Waals surface area (Å²) < 4.78 is 1.20. The Kier molecular flexibility index (Phi) is 5.18. The molecule has 18 heavy (non-hydrogen) atoms. The van der Waals surface area contributed by atoms with Crippen molar-refractivity contribution in [3.63, 3.8) is 0 Å². The van der Waals surface area contributed by atoms with E-state index in [-0.39, 0.29) is 12.0 Å². The molecule has 1 saturated carbocycles. The van der Waals surface area contributed by atoms with Gasteiger partial charge in [-0.2, -0.15) is 0 Å². The number of carbonyl (C=O) groups is 1. The summed E-state index contributed by atoms with van der Waals surface area (Å²) >= 11 is 2.28. The number of Topliss-reactive ketones (excluding diaryl/α,β-unsaturated/α-hetero) is 1. The summed E-state index contributed by atoms with van der Waals surface area (Å²) in [6.07, 6.45) is 6.06. The zero-order valence-electron chi connectivity index (χ0n) is 10.6. The van der Waals surface area contributed by atoms with Crippen LogP contribution in [0.4, 0.5) is 0 Å². The molecule has 0 spiro atoms. The molecule has 1 aromatic carbocycles. The lowest BCUT2D eigenvalue weighted by Gasteiger charge is -2.19. The lowest BCUT2D eigenvalue weighted by Crippen LogP contribution is -2.35. The molecule has 2 unspecified atom stereocenters. The van der Waals surface area contributed by atoms with Crippen molar-refractivity contribution in [2.24, 2.45) is 11.7 Å². The molecule has 3 heteroatoms. The van der Waals surface area contributed by atoms with Crippen LogP contribution >= 0.6 is 22.6 Å². The maximum atomic E-state index is 12.3. The maximum Gasteiger partial charge on any atom is 0.141 e. The highest BCUT2D eigenvalue weighted by molar-refractivity contribution is 14.1. The lowest BCUT2D eigenvalue weighted by molar-refractivity contribution is -0.123. The minimum atomic E-state index is 0.0730. The van der Waals surface area contributed by atoms with E-state index in [0.29, 0.717) is 12.2 Å². The van der Waals surface area contributed by atoms with Crippen molar-refractivity contribution in [3.05, 3.63) is 33.4 Å². The Morgan fingerprint density at radius 2 is 1.83 bits per heavy atom. The van der Waals surface area contributed by atoms with E-state index in [9.17, 15) is 4.79 Å². The van der Waals surface area contributed by atoms with Crippen molar-refractivity contribution in [1.82, 2.24) is 0 Å². The molecular weight excluding hydrogens is 337 g/mol. The smallest absolute Gasteiger partial charge is 0.141 e. The molecule has 0 amide bonds. The van der Waals surface area contributed by atoms with Gasteiger partial charge in [0.2, 0.25) is 0 Å². The monoisotopic (exact) mass is 357 g/mol. The zero-order valence-corrected chi connectivity index (χ0v) is 12.7. The van der Waals surface area contributed by atoms with Crippen LogP contribution in [0.25, 0.3) is 0 Å². The van der Waals surface area contributed by atoms with Crippen molar-refractivity contribution in [2.45, 2.75) is 44.6 Å². The van der Waals surface area contributed by atoms with Crippen LogP contribution in [0, 0.1) is 9.49 Å². The highest BCUT2D eigenvalue weighted by Gasteiger charge is 2.26.